The van der Waals surface area contributed by atoms with Gasteiger partial charge in [0, 0.05) is 12.7 Å². The Morgan fingerprint density at radius 3 is 2.13 bits per heavy atom. The van der Waals surface area contributed by atoms with Gasteiger partial charge in [-0.1, -0.05) is 48.0 Å². The topological polar surface area (TPSA) is 40.6 Å². The molecule has 3 aromatic carbocycles. The van der Waals surface area contributed by atoms with Gasteiger partial charge in [0.2, 0.25) is 0 Å². The highest BCUT2D eigenvalue weighted by Gasteiger charge is 2.42. The predicted molar refractivity (Wildman–Crippen MR) is 117 cm³/mol. The minimum Gasteiger partial charge on any atom is -0.339 e. The molecule has 0 radical (unpaired) electrons. The number of halogens is 1. The smallest absolute Gasteiger partial charge is 0.282 e. The van der Waals surface area contributed by atoms with E-state index in [-0.39, 0.29) is 11.3 Å². The van der Waals surface area contributed by atoms with Crippen molar-refractivity contribution in [1.29, 1.82) is 0 Å². The van der Waals surface area contributed by atoms with Gasteiger partial charge in [0.25, 0.3) is 11.8 Å². The van der Waals surface area contributed by atoms with Crippen LogP contribution in [0.25, 0.3) is 5.57 Å². The van der Waals surface area contributed by atoms with Crippen LogP contribution in [-0.2, 0) is 9.59 Å². The second-order valence-electron chi connectivity index (χ2n) is 7.36. The summed E-state index contributed by atoms with van der Waals surface area (Å²) in [4.78, 5) is 30.0. The number of benzene rings is 3. The summed E-state index contributed by atoms with van der Waals surface area (Å²) >= 11 is 0. The van der Waals surface area contributed by atoms with Crippen LogP contribution in [0.5, 0.6) is 0 Å². The minimum absolute atomic E-state index is 0.256. The second kappa shape index (κ2) is 7.59. The Labute approximate surface area is 174 Å². The van der Waals surface area contributed by atoms with Crippen LogP contribution >= 0.6 is 0 Å². The minimum atomic E-state index is -0.420. The molecular weight excluding hydrogens is 379 g/mol. The normalized spacial score (nSPS) is 13.9. The highest BCUT2D eigenvalue weighted by atomic mass is 19.1. The lowest BCUT2D eigenvalue weighted by atomic mass is 10.0. The highest BCUT2D eigenvalue weighted by molar-refractivity contribution is 6.46. The lowest BCUT2D eigenvalue weighted by Crippen LogP contribution is -2.34. The Morgan fingerprint density at radius 1 is 0.833 bits per heavy atom. The first kappa shape index (κ1) is 19.6. The molecular formula is C25H21FN2O2. The van der Waals surface area contributed by atoms with Gasteiger partial charge in [0.1, 0.15) is 11.5 Å². The van der Waals surface area contributed by atoms with Crippen molar-refractivity contribution in [3.8, 4) is 0 Å². The van der Waals surface area contributed by atoms with Crippen molar-refractivity contribution in [2.75, 3.05) is 16.8 Å². The van der Waals surface area contributed by atoms with Crippen molar-refractivity contribution in [2.45, 2.75) is 13.8 Å². The monoisotopic (exact) mass is 400 g/mol. The molecule has 0 fully saturated rings. The van der Waals surface area contributed by atoms with Gasteiger partial charge in [0.15, 0.2) is 0 Å². The Morgan fingerprint density at radius 2 is 1.50 bits per heavy atom. The molecule has 5 heteroatoms. The summed E-state index contributed by atoms with van der Waals surface area (Å²) in [5.74, 6) is -1.23. The number of likely N-dealkylation sites (N-methyl/N-ethyl adjacent to an activating group) is 1. The fraction of sp³-hybridized carbons (Fsp3) is 0.120. The van der Waals surface area contributed by atoms with Gasteiger partial charge in [-0.05, 0) is 55.3 Å². The number of carbonyl (C=O) groups is 2. The van der Waals surface area contributed by atoms with Crippen LogP contribution in [0.3, 0.4) is 0 Å². The summed E-state index contributed by atoms with van der Waals surface area (Å²) < 4.78 is 13.5. The Hall–Kier alpha value is -3.73. The lowest BCUT2D eigenvalue weighted by Gasteiger charge is -2.22. The van der Waals surface area contributed by atoms with Crippen molar-refractivity contribution in [2.24, 2.45) is 0 Å². The number of hydrogen-bond acceptors (Lipinski definition) is 3. The van der Waals surface area contributed by atoms with E-state index < -0.39 is 17.6 Å². The van der Waals surface area contributed by atoms with Crippen LogP contribution in [0, 0.1) is 19.7 Å². The van der Waals surface area contributed by atoms with Crippen molar-refractivity contribution >= 4 is 28.8 Å². The summed E-state index contributed by atoms with van der Waals surface area (Å²) in [6, 6.07) is 20.6. The molecule has 4 nitrogen and oxygen atoms in total. The van der Waals surface area contributed by atoms with E-state index in [1.165, 1.54) is 29.2 Å². The van der Waals surface area contributed by atoms with Crippen LogP contribution in [0.15, 0.2) is 78.5 Å². The Balaban J connectivity index is 1.89. The van der Waals surface area contributed by atoms with E-state index in [2.05, 4.69) is 0 Å². The molecule has 1 aliphatic heterocycles. The summed E-state index contributed by atoms with van der Waals surface area (Å²) in [5, 5.41) is 0. The van der Waals surface area contributed by atoms with Crippen molar-refractivity contribution in [3.05, 3.63) is 101 Å². The van der Waals surface area contributed by atoms with Crippen LogP contribution in [-0.4, -0.2) is 18.9 Å². The van der Waals surface area contributed by atoms with E-state index in [9.17, 15) is 14.0 Å². The average molecular weight is 400 g/mol. The van der Waals surface area contributed by atoms with E-state index >= 15 is 0 Å². The lowest BCUT2D eigenvalue weighted by molar-refractivity contribution is -0.120. The van der Waals surface area contributed by atoms with Crippen LogP contribution in [0.4, 0.5) is 15.8 Å². The van der Waals surface area contributed by atoms with E-state index in [1.807, 2.05) is 56.3 Å². The highest BCUT2D eigenvalue weighted by Crippen LogP contribution is 2.37. The summed E-state index contributed by atoms with van der Waals surface area (Å²) in [6.45, 7) is 3.83. The number of amides is 2. The molecule has 0 N–H and O–H groups in total. The van der Waals surface area contributed by atoms with Crippen LogP contribution in [0.1, 0.15) is 16.7 Å². The molecule has 2 amide bonds. The van der Waals surface area contributed by atoms with Crippen molar-refractivity contribution in [3.63, 3.8) is 0 Å². The zero-order valence-corrected chi connectivity index (χ0v) is 17.0. The molecule has 0 unspecified atom stereocenters. The van der Waals surface area contributed by atoms with Gasteiger partial charge in [0.05, 0.1) is 11.3 Å². The summed E-state index contributed by atoms with van der Waals surface area (Å²) in [5.41, 5.74) is 4.22. The zero-order chi connectivity index (χ0) is 21.4. The third-order valence-corrected chi connectivity index (χ3v) is 5.26. The number of nitrogens with zero attached hydrogens (tertiary/aromatic N) is 2. The first-order valence-electron chi connectivity index (χ1n) is 9.63. The molecule has 0 aromatic heterocycles. The molecule has 1 aliphatic rings. The predicted octanol–water partition coefficient (Wildman–Crippen LogP) is 4.86. The number of anilines is 2. The number of para-hydroxylation sites is 1. The number of aryl methyl sites for hydroxylation is 2. The summed E-state index contributed by atoms with van der Waals surface area (Å²) in [7, 11) is 1.75. The third-order valence-electron chi connectivity index (χ3n) is 5.26. The van der Waals surface area contributed by atoms with E-state index in [0.717, 1.165) is 16.8 Å². The standard InChI is InChI=1S/C25H21FN2O2/c1-16-9-14-21(17(2)15-16)28-24(29)22(18-10-12-19(26)13-11-18)23(25(28)30)27(3)20-7-5-4-6-8-20/h4-15H,1-3H3. The maximum Gasteiger partial charge on any atom is 0.282 e. The number of hydrogen-bond donors (Lipinski definition) is 0. The average Bonchev–Trinajstić information content (AvgIpc) is 2.99. The van der Waals surface area contributed by atoms with Gasteiger partial charge >= 0.3 is 0 Å². The second-order valence-corrected chi connectivity index (χ2v) is 7.36. The van der Waals surface area contributed by atoms with Crippen LogP contribution in [0.2, 0.25) is 0 Å². The number of carbonyl (C=O) groups excluding carboxylic acids is 2. The van der Waals surface area contributed by atoms with Crippen molar-refractivity contribution in [1.82, 2.24) is 0 Å². The molecule has 0 aliphatic carbocycles. The molecule has 150 valence electrons. The largest absolute Gasteiger partial charge is 0.339 e. The molecule has 0 atom stereocenters. The summed E-state index contributed by atoms with van der Waals surface area (Å²) in [6.07, 6.45) is 0. The Kier molecular flexibility index (Phi) is 4.96. The molecule has 0 saturated heterocycles. The van der Waals surface area contributed by atoms with E-state index in [0.29, 0.717) is 11.3 Å². The SMILES string of the molecule is Cc1ccc(N2C(=O)C(c3ccc(F)cc3)=C(N(C)c3ccccc3)C2=O)c(C)c1. The maximum atomic E-state index is 13.6. The molecule has 0 bridgehead atoms. The Bertz CT molecular complexity index is 1170. The molecule has 0 saturated carbocycles. The van der Waals surface area contributed by atoms with Gasteiger partial charge in [-0.15, -0.1) is 0 Å². The molecule has 1 heterocycles. The van der Waals surface area contributed by atoms with Gasteiger partial charge in [-0.2, -0.15) is 0 Å². The van der Waals surface area contributed by atoms with E-state index in [1.54, 1.807) is 18.0 Å². The molecule has 0 spiro atoms. The van der Waals surface area contributed by atoms with Crippen molar-refractivity contribution < 1.29 is 14.0 Å². The van der Waals surface area contributed by atoms with Gasteiger partial charge in [-0.3, -0.25) is 9.59 Å². The van der Waals surface area contributed by atoms with Gasteiger partial charge < -0.3 is 4.90 Å². The maximum absolute atomic E-state index is 13.6. The van der Waals surface area contributed by atoms with Crippen LogP contribution < -0.4 is 9.80 Å². The first-order valence-corrected chi connectivity index (χ1v) is 9.63. The zero-order valence-electron chi connectivity index (χ0n) is 17.0. The number of imide groups is 1. The molecule has 4 rings (SSSR count). The third kappa shape index (κ3) is 3.28. The fourth-order valence-electron chi connectivity index (χ4n) is 3.76. The molecule has 30 heavy (non-hydrogen) atoms. The first-order chi connectivity index (χ1) is 14.4. The van der Waals surface area contributed by atoms with Gasteiger partial charge in [-0.25, -0.2) is 9.29 Å². The number of rotatable bonds is 4. The fourth-order valence-corrected chi connectivity index (χ4v) is 3.76. The quantitative estimate of drug-likeness (QED) is 0.587. The molecule has 3 aromatic rings. The van der Waals surface area contributed by atoms with E-state index in [4.69, 9.17) is 0 Å².